The van der Waals surface area contributed by atoms with Crippen molar-refractivity contribution in [3.63, 3.8) is 0 Å². The molecule has 296 valence electrons. The SMILES string of the molecule is C=C/C=C(\C=C/C(C)OCC)c1cccc(SNCC(=O)N(CCC)CCCC(C)CCN)c1.CC.CC=O.CN.CO.Cc1cccc(C=N)c1. The minimum absolute atomic E-state index is 0.0541. The van der Waals surface area contributed by atoms with E-state index in [0.717, 1.165) is 80.3 Å². The number of benzene rings is 2. The molecular formula is C42H73N5O4S. The van der Waals surface area contributed by atoms with E-state index in [1.807, 2.05) is 82.0 Å². The number of ether oxygens (including phenoxy) is 1. The van der Waals surface area contributed by atoms with E-state index in [1.165, 1.54) is 37.7 Å². The second-order valence-corrected chi connectivity index (χ2v) is 11.8. The van der Waals surface area contributed by atoms with Crippen LogP contribution < -0.4 is 16.2 Å². The summed E-state index contributed by atoms with van der Waals surface area (Å²) in [7, 11) is 2.50. The van der Waals surface area contributed by atoms with Gasteiger partial charge in [0.25, 0.3) is 0 Å². The molecule has 10 heteroatoms. The molecule has 0 radical (unpaired) electrons. The molecule has 2 atom stereocenters. The summed E-state index contributed by atoms with van der Waals surface area (Å²) in [5.41, 5.74) is 14.5. The van der Waals surface area contributed by atoms with Crippen LogP contribution in [0.5, 0.6) is 0 Å². The molecule has 0 saturated carbocycles. The zero-order valence-electron chi connectivity index (χ0n) is 34.0. The van der Waals surface area contributed by atoms with Gasteiger partial charge in [0.05, 0.1) is 12.6 Å². The van der Waals surface area contributed by atoms with E-state index in [1.54, 1.807) is 6.08 Å². The molecule has 0 spiro atoms. The summed E-state index contributed by atoms with van der Waals surface area (Å²) in [5.74, 6) is 0.763. The van der Waals surface area contributed by atoms with E-state index in [0.29, 0.717) is 19.1 Å². The zero-order chi connectivity index (χ0) is 40.6. The third kappa shape index (κ3) is 31.4. The Bertz CT molecular complexity index is 1210. The Hall–Kier alpha value is -3.38. The number of aliphatic hydroxyl groups is 1. The number of carbonyl (C=O) groups excluding carboxylic acids is 2. The molecule has 0 aliphatic rings. The Labute approximate surface area is 322 Å². The summed E-state index contributed by atoms with van der Waals surface area (Å²) < 4.78 is 8.85. The lowest BCUT2D eigenvalue weighted by atomic mass is 10.0. The highest BCUT2D eigenvalue weighted by molar-refractivity contribution is 7.97. The topological polar surface area (TPSA) is 155 Å². The van der Waals surface area contributed by atoms with Gasteiger partial charge < -0.3 is 36.4 Å². The van der Waals surface area contributed by atoms with Gasteiger partial charge in [0, 0.05) is 37.9 Å². The van der Waals surface area contributed by atoms with E-state index in [9.17, 15) is 4.79 Å². The number of aliphatic hydroxyl groups excluding tert-OH is 1. The standard InChI is InChI=1S/C28H45N3O2S.C8H9N.C2H4O.C2H6.CH5N.CH4O/c1-6-11-25(16-15-24(5)33-8-3)26-13-9-14-27(21-26)34-30-22-28(32)31(19-7-2)20-10-12-23(4)17-18-29;1-7-3-2-4-8(5-7)6-9;1-2-3;3*1-2/h6,9,11,13-16,21,23-24,30H,1,7-8,10,12,17-20,22,29H2,2-5H3;2-6,9H,1H3;2H,1H3;1-2H3;2H2,1H3;2H,1H3/b16-15-,25-11+;;;;;. The van der Waals surface area contributed by atoms with E-state index in [4.69, 9.17) is 25.8 Å². The number of rotatable bonds is 19. The molecule has 9 nitrogen and oxygen atoms in total. The van der Waals surface area contributed by atoms with Crippen LogP contribution in [0.1, 0.15) is 90.8 Å². The fraction of sp³-hybridized carbons (Fsp3) is 0.500. The third-order valence-electron chi connectivity index (χ3n) is 6.69. The number of hydrogen-bond donors (Lipinski definition) is 5. The molecule has 7 N–H and O–H groups in total. The average Bonchev–Trinajstić information content (AvgIpc) is 3.16. The molecule has 0 aliphatic heterocycles. The Morgan fingerprint density at radius 2 is 1.71 bits per heavy atom. The lowest BCUT2D eigenvalue weighted by Crippen LogP contribution is -2.37. The number of nitrogens with zero attached hydrogens (tertiary/aromatic N) is 1. The van der Waals surface area contributed by atoms with E-state index in [-0.39, 0.29) is 12.0 Å². The predicted octanol–water partition coefficient (Wildman–Crippen LogP) is 8.25. The first-order chi connectivity index (χ1) is 25.2. The van der Waals surface area contributed by atoms with Crippen molar-refractivity contribution in [3.8, 4) is 0 Å². The van der Waals surface area contributed by atoms with Gasteiger partial charge in [-0.2, -0.15) is 0 Å². The number of aryl methyl sites for hydroxylation is 1. The van der Waals surface area contributed by atoms with E-state index in [2.05, 4.69) is 55.2 Å². The van der Waals surface area contributed by atoms with Crippen molar-refractivity contribution < 1.29 is 19.4 Å². The quantitative estimate of drug-likeness (QED) is 0.0417. The van der Waals surface area contributed by atoms with Gasteiger partial charge in [-0.25, -0.2) is 0 Å². The Kier molecular flexibility index (Phi) is 44.8. The molecule has 0 heterocycles. The van der Waals surface area contributed by atoms with Crippen molar-refractivity contribution in [2.24, 2.45) is 17.4 Å². The fourth-order valence-corrected chi connectivity index (χ4v) is 5.11. The van der Waals surface area contributed by atoms with Crippen molar-refractivity contribution >= 4 is 35.9 Å². The number of nitrogens with one attached hydrogen (secondary N) is 2. The van der Waals surface area contributed by atoms with Gasteiger partial charge in [-0.3, -0.25) is 9.52 Å². The lowest BCUT2D eigenvalue weighted by molar-refractivity contribution is -0.130. The molecule has 0 aliphatic carbocycles. The van der Waals surface area contributed by atoms with Gasteiger partial charge in [-0.05, 0) is 114 Å². The number of nitrogens with two attached hydrogens (primary N) is 2. The highest BCUT2D eigenvalue weighted by atomic mass is 32.2. The van der Waals surface area contributed by atoms with Crippen LogP contribution >= 0.6 is 11.9 Å². The van der Waals surface area contributed by atoms with Crippen LogP contribution in [0.2, 0.25) is 0 Å². The van der Waals surface area contributed by atoms with Crippen LogP contribution in [0.3, 0.4) is 0 Å². The summed E-state index contributed by atoms with van der Waals surface area (Å²) in [4.78, 5) is 24.6. The largest absolute Gasteiger partial charge is 0.400 e. The molecular weight excluding hydrogens is 671 g/mol. The molecule has 52 heavy (non-hydrogen) atoms. The van der Waals surface area contributed by atoms with Gasteiger partial charge in [-0.15, -0.1) is 0 Å². The Balaban J connectivity index is -0.000000528. The van der Waals surface area contributed by atoms with Crippen molar-refractivity contribution in [2.75, 3.05) is 46.9 Å². The lowest BCUT2D eigenvalue weighted by Gasteiger charge is -2.23. The smallest absolute Gasteiger partial charge is 0.237 e. The molecule has 0 aromatic heterocycles. The van der Waals surface area contributed by atoms with Crippen LogP contribution in [0.4, 0.5) is 0 Å². The summed E-state index contributed by atoms with van der Waals surface area (Å²) in [5, 5.41) is 13.9. The first kappa shape index (κ1) is 55.4. The first-order valence-electron chi connectivity index (χ1n) is 18.3. The first-order valence-corrected chi connectivity index (χ1v) is 19.1. The van der Waals surface area contributed by atoms with Crippen molar-refractivity contribution in [2.45, 2.75) is 92.1 Å². The van der Waals surface area contributed by atoms with Gasteiger partial charge in [0.1, 0.15) is 6.29 Å². The van der Waals surface area contributed by atoms with Crippen LogP contribution in [0.25, 0.3) is 5.57 Å². The molecule has 0 bridgehead atoms. The van der Waals surface area contributed by atoms with Crippen LogP contribution in [-0.4, -0.2) is 81.5 Å². The number of amides is 1. The molecule has 2 unspecified atom stereocenters. The summed E-state index contributed by atoms with van der Waals surface area (Å²) >= 11 is 1.49. The molecule has 0 saturated heterocycles. The van der Waals surface area contributed by atoms with E-state index >= 15 is 0 Å². The maximum absolute atomic E-state index is 12.8. The van der Waals surface area contributed by atoms with Gasteiger partial charge in [-0.1, -0.05) is 101 Å². The highest BCUT2D eigenvalue weighted by Crippen LogP contribution is 2.23. The Morgan fingerprint density at radius 3 is 2.23 bits per heavy atom. The third-order valence-corrected chi connectivity index (χ3v) is 7.47. The fourth-order valence-electron chi connectivity index (χ4n) is 4.42. The Morgan fingerprint density at radius 1 is 1.08 bits per heavy atom. The van der Waals surface area contributed by atoms with Gasteiger partial charge in [0.15, 0.2) is 0 Å². The van der Waals surface area contributed by atoms with Crippen LogP contribution in [0.15, 0.2) is 84.3 Å². The molecule has 2 aromatic rings. The molecule has 2 rings (SSSR count). The second-order valence-electron chi connectivity index (χ2n) is 10.8. The van der Waals surface area contributed by atoms with Crippen molar-refractivity contribution in [1.29, 1.82) is 5.41 Å². The van der Waals surface area contributed by atoms with Crippen LogP contribution in [0, 0.1) is 18.3 Å². The van der Waals surface area contributed by atoms with Gasteiger partial charge in [0.2, 0.25) is 5.91 Å². The van der Waals surface area contributed by atoms with Gasteiger partial charge >= 0.3 is 0 Å². The number of aldehydes is 1. The van der Waals surface area contributed by atoms with Crippen molar-refractivity contribution in [3.05, 3.63) is 96.1 Å². The highest BCUT2D eigenvalue weighted by Gasteiger charge is 2.13. The second kappa shape index (κ2) is 42.0. The van der Waals surface area contributed by atoms with Crippen LogP contribution in [-0.2, 0) is 14.3 Å². The summed E-state index contributed by atoms with van der Waals surface area (Å²) in [6.45, 7) is 23.0. The number of allylic oxidation sites excluding steroid dienone is 4. The summed E-state index contributed by atoms with van der Waals surface area (Å²) in [6.07, 6.45) is 14.2. The number of carbonyl (C=O) groups is 2. The minimum Gasteiger partial charge on any atom is -0.400 e. The van der Waals surface area contributed by atoms with Crippen molar-refractivity contribution in [1.82, 2.24) is 9.62 Å². The summed E-state index contributed by atoms with van der Waals surface area (Å²) in [6, 6.07) is 16.1. The molecule has 2 aromatic carbocycles. The predicted molar refractivity (Wildman–Crippen MR) is 228 cm³/mol. The maximum Gasteiger partial charge on any atom is 0.237 e. The average molecular weight is 744 g/mol. The monoisotopic (exact) mass is 744 g/mol. The number of hydrogen-bond acceptors (Lipinski definition) is 9. The molecule has 1 amide bonds. The maximum atomic E-state index is 12.8. The minimum atomic E-state index is 0.0541. The van der Waals surface area contributed by atoms with E-state index < -0.39 is 0 Å². The normalized spacial score (nSPS) is 11.1. The zero-order valence-corrected chi connectivity index (χ0v) is 34.8. The molecule has 0 fully saturated rings.